The molecule has 0 bridgehead atoms. The summed E-state index contributed by atoms with van der Waals surface area (Å²) in [6, 6.07) is 7.39. The van der Waals surface area contributed by atoms with Crippen molar-refractivity contribution in [1.82, 2.24) is 4.98 Å². The van der Waals surface area contributed by atoms with Crippen molar-refractivity contribution >= 4 is 11.6 Å². The molecule has 0 saturated heterocycles. The van der Waals surface area contributed by atoms with E-state index in [-0.39, 0.29) is 6.61 Å². The molecule has 0 fully saturated rings. The Morgan fingerprint density at radius 1 is 1.15 bits per heavy atom. The third-order valence-electron chi connectivity index (χ3n) is 3.09. The summed E-state index contributed by atoms with van der Waals surface area (Å²) in [4.78, 5) is 4.41. The average Bonchev–Trinajstić information content (AvgIpc) is 2.44. The predicted octanol–water partition coefficient (Wildman–Crippen LogP) is 4.20. The van der Waals surface area contributed by atoms with Gasteiger partial charge in [0.15, 0.2) is 0 Å². The van der Waals surface area contributed by atoms with Crippen LogP contribution in [0.15, 0.2) is 24.3 Å². The number of rotatable bonds is 4. The Morgan fingerprint density at radius 2 is 1.80 bits per heavy atom. The van der Waals surface area contributed by atoms with Crippen LogP contribution in [-0.2, 0) is 13.0 Å². The molecule has 106 valence electrons. The standard InChI is InChI=1S/C16H18ClNO2/c1-4-13-7-12(9-19)8-15(18-13)20-14-5-10(2)16(17)11(3)6-14/h5-8,19H,4,9H2,1-3H3. The zero-order valence-electron chi connectivity index (χ0n) is 11.9. The third-order valence-corrected chi connectivity index (χ3v) is 3.69. The van der Waals surface area contributed by atoms with Gasteiger partial charge in [-0.15, -0.1) is 0 Å². The highest BCUT2D eigenvalue weighted by molar-refractivity contribution is 6.32. The molecule has 20 heavy (non-hydrogen) atoms. The second-order valence-corrected chi connectivity index (χ2v) is 5.17. The van der Waals surface area contributed by atoms with Crippen molar-refractivity contribution in [3.63, 3.8) is 0 Å². The molecule has 0 aliphatic carbocycles. The van der Waals surface area contributed by atoms with Gasteiger partial charge in [0, 0.05) is 16.8 Å². The van der Waals surface area contributed by atoms with Gasteiger partial charge in [-0.3, -0.25) is 0 Å². The lowest BCUT2D eigenvalue weighted by Gasteiger charge is -2.11. The number of benzene rings is 1. The molecule has 1 aromatic carbocycles. The van der Waals surface area contributed by atoms with Gasteiger partial charge in [0.05, 0.1) is 6.61 Å². The monoisotopic (exact) mass is 291 g/mol. The van der Waals surface area contributed by atoms with E-state index in [2.05, 4.69) is 4.98 Å². The Hall–Kier alpha value is -1.58. The van der Waals surface area contributed by atoms with Gasteiger partial charge in [-0.25, -0.2) is 4.98 Å². The SMILES string of the molecule is CCc1cc(CO)cc(Oc2cc(C)c(Cl)c(C)c2)n1. The van der Waals surface area contributed by atoms with Gasteiger partial charge in [0.2, 0.25) is 5.88 Å². The third kappa shape index (κ3) is 3.30. The second-order valence-electron chi connectivity index (χ2n) is 4.79. The van der Waals surface area contributed by atoms with Crippen LogP contribution in [0, 0.1) is 13.8 Å². The van der Waals surface area contributed by atoms with Crippen molar-refractivity contribution in [2.24, 2.45) is 0 Å². The molecule has 3 nitrogen and oxygen atoms in total. The van der Waals surface area contributed by atoms with E-state index in [1.165, 1.54) is 0 Å². The summed E-state index contributed by atoms with van der Waals surface area (Å²) in [6.07, 6.45) is 0.795. The normalized spacial score (nSPS) is 10.7. The Morgan fingerprint density at radius 3 is 2.35 bits per heavy atom. The molecule has 1 N–H and O–H groups in total. The molecule has 0 atom stereocenters. The molecular formula is C16H18ClNO2. The Bertz CT molecular complexity index is 581. The Balaban J connectivity index is 2.34. The summed E-state index contributed by atoms with van der Waals surface area (Å²) in [7, 11) is 0. The van der Waals surface area contributed by atoms with Gasteiger partial charge in [-0.05, 0) is 55.2 Å². The summed E-state index contributed by atoms with van der Waals surface area (Å²) in [6.45, 7) is 5.88. The zero-order chi connectivity index (χ0) is 14.7. The van der Waals surface area contributed by atoms with Crippen molar-refractivity contribution in [3.05, 3.63) is 51.7 Å². The number of halogens is 1. The van der Waals surface area contributed by atoms with Crippen molar-refractivity contribution in [3.8, 4) is 11.6 Å². The van der Waals surface area contributed by atoms with Crippen molar-refractivity contribution in [2.75, 3.05) is 0 Å². The van der Waals surface area contributed by atoms with Crippen LogP contribution >= 0.6 is 11.6 Å². The van der Waals surface area contributed by atoms with Crippen LogP contribution in [-0.4, -0.2) is 10.1 Å². The molecule has 1 aromatic heterocycles. The lowest BCUT2D eigenvalue weighted by molar-refractivity contribution is 0.281. The van der Waals surface area contributed by atoms with E-state index in [0.717, 1.165) is 33.8 Å². The molecule has 0 radical (unpaired) electrons. The summed E-state index contributed by atoms with van der Waals surface area (Å²) >= 11 is 6.14. The number of hydrogen-bond donors (Lipinski definition) is 1. The fraction of sp³-hybridized carbons (Fsp3) is 0.312. The number of nitrogens with zero attached hydrogens (tertiary/aromatic N) is 1. The van der Waals surface area contributed by atoms with Crippen LogP contribution in [0.25, 0.3) is 0 Å². The second kappa shape index (κ2) is 6.25. The summed E-state index contributed by atoms with van der Waals surface area (Å²) < 4.78 is 5.80. The van der Waals surface area contributed by atoms with Crippen LogP contribution in [0.3, 0.4) is 0 Å². The summed E-state index contributed by atoms with van der Waals surface area (Å²) in [5.41, 5.74) is 3.63. The Kier molecular flexibility index (Phi) is 4.63. The van der Waals surface area contributed by atoms with E-state index in [1.54, 1.807) is 6.07 Å². The van der Waals surface area contributed by atoms with Crippen molar-refractivity contribution in [1.29, 1.82) is 0 Å². The van der Waals surface area contributed by atoms with Gasteiger partial charge < -0.3 is 9.84 Å². The smallest absolute Gasteiger partial charge is 0.219 e. The van der Waals surface area contributed by atoms with Crippen LogP contribution < -0.4 is 4.74 Å². The molecule has 4 heteroatoms. The lowest BCUT2D eigenvalue weighted by Crippen LogP contribution is -1.96. The van der Waals surface area contributed by atoms with E-state index >= 15 is 0 Å². The van der Waals surface area contributed by atoms with Gasteiger partial charge in [0.1, 0.15) is 5.75 Å². The van der Waals surface area contributed by atoms with Gasteiger partial charge in [-0.2, -0.15) is 0 Å². The van der Waals surface area contributed by atoms with Crippen LogP contribution in [0.4, 0.5) is 0 Å². The highest BCUT2D eigenvalue weighted by Crippen LogP contribution is 2.29. The molecule has 0 aliphatic heterocycles. The fourth-order valence-electron chi connectivity index (χ4n) is 2.03. The van der Waals surface area contributed by atoms with Crippen LogP contribution in [0.2, 0.25) is 5.02 Å². The van der Waals surface area contributed by atoms with E-state index in [1.807, 2.05) is 39.0 Å². The minimum atomic E-state index is -0.0233. The largest absolute Gasteiger partial charge is 0.439 e. The van der Waals surface area contributed by atoms with E-state index < -0.39 is 0 Å². The van der Waals surface area contributed by atoms with Crippen LogP contribution in [0.5, 0.6) is 11.6 Å². The molecule has 0 spiro atoms. The number of aliphatic hydroxyl groups excluding tert-OH is 1. The number of hydrogen-bond acceptors (Lipinski definition) is 3. The summed E-state index contributed by atoms with van der Waals surface area (Å²) in [5, 5.41) is 10.0. The lowest BCUT2D eigenvalue weighted by atomic mass is 10.1. The minimum Gasteiger partial charge on any atom is -0.439 e. The van der Waals surface area contributed by atoms with E-state index in [0.29, 0.717) is 11.6 Å². The topological polar surface area (TPSA) is 42.4 Å². The molecular weight excluding hydrogens is 274 g/mol. The van der Waals surface area contributed by atoms with E-state index in [4.69, 9.17) is 16.3 Å². The fourth-order valence-corrected chi connectivity index (χ4v) is 2.14. The first kappa shape index (κ1) is 14.8. The maximum absolute atomic E-state index is 9.27. The maximum atomic E-state index is 9.27. The van der Waals surface area contributed by atoms with Crippen molar-refractivity contribution < 1.29 is 9.84 Å². The van der Waals surface area contributed by atoms with Crippen LogP contribution in [0.1, 0.15) is 29.3 Å². The molecule has 1 heterocycles. The number of pyridine rings is 1. The number of aliphatic hydroxyl groups is 1. The van der Waals surface area contributed by atoms with Gasteiger partial charge >= 0.3 is 0 Å². The molecule has 0 saturated carbocycles. The number of aryl methyl sites for hydroxylation is 3. The first-order chi connectivity index (χ1) is 9.53. The number of aromatic nitrogens is 1. The number of ether oxygens (including phenoxy) is 1. The molecule has 0 aliphatic rings. The summed E-state index contributed by atoms with van der Waals surface area (Å²) in [5.74, 6) is 1.20. The average molecular weight is 292 g/mol. The minimum absolute atomic E-state index is 0.0233. The first-order valence-corrected chi connectivity index (χ1v) is 6.96. The highest BCUT2D eigenvalue weighted by Gasteiger charge is 2.07. The van der Waals surface area contributed by atoms with Gasteiger partial charge in [0.25, 0.3) is 0 Å². The molecule has 0 amide bonds. The van der Waals surface area contributed by atoms with Crippen molar-refractivity contribution in [2.45, 2.75) is 33.8 Å². The quantitative estimate of drug-likeness (QED) is 0.918. The zero-order valence-corrected chi connectivity index (χ0v) is 12.7. The maximum Gasteiger partial charge on any atom is 0.219 e. The first-order valence-electron chi connectivity index (χ1n) is 6.58. The molecule has 2 aromatic rings. The van der Waals surface area contributed by atoms with Gasteiger partial charge in [-0.1, -0.05) is 18.5 Å². The Labute approximate surface area is 124 Å². The molecule has 0 unspecified atom stereocenters. The predicted molar refractivity (Wildman–Crippen MR) is 80.5 cm³/mol. The molecule has 2 rings (SSSR count). The highest BCUT2D eigenvalue weighted by atomic mass is 35.5. The van der Waals surface area contributed by atoms with E-state index in [9.17, 15) is 5.11 Å².